The van der Waals surface area contributed by atoms with Crippen LogP contribution >= 0.6 is 0 Å². The number of esters is 1. The minimum absolute atomic E-state index is 0.165. The molecule has 0 aliphatic heterocycles. The van der Waals surface area contributed by atoms with Gasteiger partial charge in [0.25, 0.3) is 0 Å². The molecular formula is C14H16N4O3. The van der Waals surface area contributed by atoms with Gasteiger partial charge >= 0.3 is 5.97 Å². The molecule has 110 valence electrons. The van der Waals surface area contributed by atoms with E-state index in [1.807, 2.05) is 0 Å². The molecule has 2 aromatic rings. The number of ether oxygens (including phenoxy) is 1. The molecule has 2 rings (SSSR count). The lowest BCUT2D eigenvalue weighted by atomic mass is 10.2. The van der Waals surface area contributed by atoms with Gasteiger partial charge in [-0.25, -0.2) is 9.78 Å². The Bertz CT molecular complexity index is 608. The van der Waals surface area contributed by atoms with Gasteiger partial charge < -0.3 is 20.8 Å². The summed E-state index contributed by atoms with van der Waals surface area (Å²) in [5.41, 5.74) is 7.17. The molecule has 0 spiro atoms. The maximum Gasteiger partial charge on any atom is 0.328 e. The molecule has 7 nitrogen and oxygen atoms in total. The average Bonchev–Trinajstić information content (AvgIpc) is 2.93. The van der Waals surface area contributed by atoms with E-state index in [1.54, 1.807) is 30.5 Å². The van der Waals surface area contributed by atoms with Crippen molar-refractivity contribution in [2.24, 2.45) is 5.73 Å². The van der Waals surface area contributed by atoms with Gasteiger partial charge in [-0.15, -0.1) is 0 Å². The van der Waals surface area contributed by atoms with Crippen LogP contribution in [0.1, 0.15) is 12.6 Å². The Morgan fingerprint density at radius 2 is 2.10 bits per heavy atom. The van der Waals surface area contributed by atoms with Gasteiger partial charge in [-0.1, -0.05) is 0 Å². The normalized spacial score (nSPS) is 11.7. The topological polar surface area (TPSA) is 110 Å². The van der Waals surface area contributed by atoms with E-state index >= 15 is 0 Å². The lowest BCUT2D eigenvalue weighted by Gasteiger charge is -2.10. The number of hydrogen-bond acceptors (Lipinski definition) is 5. The first kappa shape index (κ1) is 14.7. The first-order valence-corrected chi connectivity index (χ1v) is 6.37. The third-order valence-electron chi connectivity index (χ3n) is 2.69. The van der Waals surface area contributed by atoms with Crippen molar-refractivity contribution in [2.45, 2.75) is 19.4 Å². The fourth-order valence-electron chi connectivity index (χ4n) is 1.72. The van der Waals surface area contributed by atoms with E-state index in [0.717, 1.165) is 5.69 Å². The van der Waals surface area contributed by atoms with E-state index in [2.05, 4.69) is 15.3 Å². The third-order valence-corrected chi connectivity index (χ3v) is 2.69. The highest BCUT2D eigenvalue weighted by Gasteiger charge is 2.17. The Hall–Kier alpha value is -2.67. The molecule has 1 aromatic heterocycles. The van der Waals surface area contributed by atoms with Gasteiger partial charge in [-0.3, -0.25) is 4.79 Å². The molecule has 4 N–H and O–H groups in total. The number of benzene rings is 1. The summed E-state index contributed by atoms with van der Waals surface area (Å²) < 4.78 is 5.17. The molecule has 7 heteroatoms. The average molecular weight is 288 g/mol. The standard InChI is InChI=1S/C14H16N4O3/c1-9(19)18-10-2-4-12(5-3-10)21-14(20)13(15)6-11-7-16-8-17-11/h2-5,7-8,13H,6,15H2,1H3,(H,16,17)(H,18,19)/t13-/m0/s1. The van der Waals surface area contributed by atoms with Gasteiger partial charge in [0, 0.05) is 30.9 Å². The van der Waals surface area contributed by atoms with E-state index in [9.17, 15) is 9.59 Å². The molecule has 0 radical (unpaired) electrons. The largest absolute Gasteiger partial charge is 0.425 e. The number of imidazole rings is 1. The zero-order chi connectivity index (χ0) is 15.2. The highest BCUT2D eigenvalue weighted by atomic mass is 16.5. The zero-order valence-electron chi connectivity index (χ0n) is 11.5. The van der Waals surface area contributed by atoms with Crippen molar-refractivity contribution in [3.63, 3.8) is 0 Å². The van der Waals surface area contributed by atoms with Crippen molar-refractivity contribution in [2.75, 3.05) is 5.32 Å². The Balaban J connectivity index is 1.91. The van der Waals surface area contributed by atoms with Crippen LogP contribution in [0, 0.1) is 0 Å². The molecule has 0 fully saturated rings. The summed E-state index contributed by atoms with van der Waals surface area (Å²) >= 11 is 0. The van der Waals surface area contributed by atoms with Crippen LogP contribution < -0.4 is 15.8 Å². The highest BCUT2D eigenvalue weighted by molar-refractivity contribution is 5.88. The minimum Gasteiger partial charge on any atom is -0.425 e. The monoisotopic (exact) mass is 288 g/mol. The first-order chi connectivity index (χ1) is 10.0. The van der Waals surface area contributed by atoms with Gasteiger partial charge in [-0.2, -0.15) is 0 Å². The zero-order valence-corrected chi connectivity index (χ0v) is 11.5. The van der Waals surface area contributed by atoms with Crippen molar-refractivity contribution in [3.8, 4) is 5.75 Å². The molecule has 0 aliphatic carbocycles. The maximum absolute atomic E-state index is 11.9. The van der Waals surface area contributed by atoms with Crippen LogP contribution in [0.4, 0.5) is 5.69 Å². The summed E-state index contributed by atoms with van der Waals surface area (Å²) in [6.45, 7) is 1.42. The van der Waals surface area contributed by atoms with Crippen LogP contribution in [0.3, 0.4) is 0 Å². The van der Waals surface area contributed by atoms with Crippen molar-refractivity contribution < 1.29 is 14.3 Å². The minimum atomic E-state index is -0.777. The summed E-state index contributed by atoms with van der Waals surface area (Å²) in [5.74, 6) is -0.327. The molecule has 0 saturated carbocycles. The number of carbonyl (C=O) groups excluding carboxylic acids is 2. The van der Waals surface area contributed by atoms with Crippen LogP contribution in [0.25, 0.3) is 0 Å². The van der Waals surface area contributed by atoms with E-state index in [-0.39, 0.29) is 5.91 Å². The number of H-pyrrole nitrogens is 1. The first-order valence-electron chi connectivity index (χ1n) is 6.37. The van der Waals surface area contributed by atoms with Gasteiger partial charge in [0.2, 0.25) is 5.91 Å². The van der Waals surface area contributed by atoms with Gasteiger partial charge in [-0.05, 0) is 24.3 Å². The van der Waals surface area contributed by atoms with E-state index < -0.39 is 12.0 Å². The van der Waals surface area contributed by atoms with Crippen molar-refractivity contribution in [1.29, 1.82) is 0 Å². The number of aromatic nitrogens is 2. The molecule has 21 heavy (non-hydrogen) atoms. The fourth-order valence-corrected chi connectivity index (χ4v) is 1.72. The number of rotatable bonds is 5. The second-order valence-electron chi connectivity index (χ2n) is 4.51. The highest BCUT2D eigenvalue weighted by Crippen LogP contribution is 2.16. The maximum atomic E-state index is 11.9. The van der Waals surface area contributed by atoms with E-state index in [1.165, 1.54) is 13.3 Å². The molecule has 0 unspecified atom stereocenters. The number of nitrogens with two attached hydrogens (primary N) is 1. The van der Waals surface area contributed by atoms with Crippen molar-refractivity contribution >= 4 is 17.6 Å². The molecule has 1 heterocycles. The Kier molecular flexibility index (Phi) is 4.68. The number of nitrogens with one attached hydrogen (secondary N) is 2. The van der Waals surface area contributed by atoms with Gasteiger partial charge in [0.15, 0.2) is 0 Å². The Morgan fingerprint density at radius 1 is 1.38 bits per heavy atom. The molecule has 1 atom stereocenters. The second-order valence-corrected chi connectivity index (χ2v) is 4.51. The van der Waals surface area contributed by atoms with Crippen LogP contribution in [0.5, 0.6) is 5.75 Å². The third kappa shape index (κ3) is 4.43. The van der Waals surface area contributed by atoms with Gasteiger partial charge in [0.1, 0.15) is 11.8 Å². The number of amides is 1. The summed E-state index contributed by atoms with van der Waals surface area (Å²) in [6, 6.07) is 5.69. The number of nitrogens with zero attached hydrogens (tertiary/aromatic N) is 1. The quantitative estimate of drug-likeness (QED) is 0.558. The molecule has 0 bridgehead atoms. The predicted octanol–water partition coefficient (Wildman–Crippen LogP) is 0.843. The molecule has 1 aromatic carbocycles. The van der Waals surface area contributed by atoms with E-state index in [4.69, 9.17) is 10.5 Å². The van der Waals surface area contributed by atoms with Crippen LogP contribution in [-0.4, -0.2) is 27.9 Å². The summed E-state index contributed by atoms with van der Waals surface area (Å²) in [6.07, 6.45) is 3.45. The fraction of sp³-hybridized carbons (Fsp3) is 0.214. The number of hydrogen-bond donors (Lipinski definition) is 3. The molecule has 0 aliphatic rings. The molecular weight excluding hydrogens is 272 g/mol. The SMILES string of the molecule is CC(=O)Nc1ccc(OC(=O)[C@@H](N)Cc2cnc[nH]2)cc1. The van der Waals surface area contributed by atoms with Crippen LogP contribution in [-0.2, 0) is 16.0 Å². The van der Waals surface area contributed by atoms with E-state index in [0.29, 0.717) is 17.9 Å². The predicted molar refractivity (Wildman–Crippen MR) is 76.6 cm³/mol. The second kappa shape index (κ2) is 6.67. The van der Waals surface area contributed by atoms with Crippen LogP contribution in [0.15, 0.2) is 36.8 Å². The Labute approximate surface area is 121 Å². The summed E-state index contributed by atoms with van der Waals surface area (Å²) in [7, 11) is 0. The number of aromatic amines is 1. The Morgan fingerprint density at radius 3 is 2.67 bits per heavy atom. The van der Waals surface area contributed by atoms with Crippen LogP contribution in [0.2, 0.25) is 0 Å². The lowest BCUT2D eigenvalue weighted by Crippen LogP contribution is -2.36. The van der Waals surface area contributed by atoms with Gasteiger partial charge in [0.05, 0.1) is 6.33 Å². The number of carbonyl (C=O) groups is 2. The summed E-state index contributed by atoms with van der Waals surface area (Å²) in [4.78, 5) is 29.5. The van der Waals surface area contributed by atoms with Crippen molar-refractivity contribution in [3.05, 3.63) is 42.5 Å². The smallest absolute Gasteiger partial charge is 0.328 e. The number of anilines is 1. The summed E-state index contributed by atoms with van der Waals surface area (Å²) in [5, 5.41) is 2.62. The molecule has 1 amide bonds. The lowest BCUT2D eigenvalue weighted by molar-refractivity contribution is -0.135. The molecule has 0 saturated heterocycles. The van der Waals surface area contributed by atoms with Crippen molar-refractivity contribution in [1.82, 2.24) is 9.97 Å².